The molecular weight excluding hydrogens is 420 g/mol. The molecule has 0 spiro atoms. The third-order valence-corrected chi connectivity index (χ3v) is 4.69. The van der Waals surface area contributed by atoms with Gasteiger partial charge in [0.15, 0.2) is 6.61 Å². The molecular formula is C22H27BrN2O3. The van der Waals surface area contributed by atoms with Crippen LogP contribution in [0, 0.1) is 6.92 Å². The van der Waals surface area contributed by atoms with E-state index in [2.05, 4.69) is 21.2 Å². The fourth-order valence-corrected chi connectivity index (χ4v) is 3.20. The van der Waals surface area contributed by atoms with Gasteiger partial charge >= 0.3 is 0 Å². The van der Waals surface area contributed by atoms with Gasteiger partial charge in [-0.25, -0.2) is 0 Å². The van der Waals surface area contributed by atoms with Gasteiger partial charge in [-0.3, -0.25) is 9.59 Å². The molecule has 2 rings (SSSR count). The van der Waals surface area contributed by atoms with Gasteiger partial charge in [-0.15, -0.1) is 0 Å². The van der Waals surface area contributed by atoms with Gasteiger partial charge in [-0.1, -0.05) is 40.2 Å². The van der Waals surface area contributed by atoms with Crippen molar-refractivity contribution >= 4 is 27.7 Å². The van der Waals surface area contributed by atoms with Crippen LogP contribution in [0.15, 0.2) is 53.0 Å². The summed E-state index contributed by atoms with van der Waals surface area (Å²) in [6, 6.07) is 14.6. The number of hydrogen-bond donors (Lipinski definition) is 1. The smallest absolute Gasteiger partial charge is 0.261 e. The van der Waals surface area contributed by atoms with Crippen LogP contribution in [0.5, 0.6) is 5.75 Å². The van der Waals surface area contributed by atoms with Crippen molar-refractivity contribution in [3.05, 3.63) is 64.1 Å². The summed E-state index contributed by atoms with van der Waals surface area (Å²) in [5, 5.41) is 2.87. The number of halogens is 1. The van der Waals surface area contributed by atoms with Crippen LogP contribution in [0.4, 0.5) is 0 Å². The van der Waals surface area contributed by atoms with Crippen LogP contribution >= 0.6 is 15.9 Å². The van der Waals surface area contributed by atoms with Crippen molar-refractivity contribution in [3.63, 3.8) is 0 Å². The Balaban J connectivity index is 2.15. The second-order valence-electron chi connectivity index (χ2n) is 7.10. The maximum Gasteiger partial charge on any atom is 0.261 e. The fourth-order valence-electron chi connectivity index (χ4n) is 2.75. The Bertz CT molecular complexity index is 823. The normalized spacial score (nSPS) is 11.8. The number of nitrogens with zero attached hydrogens (tertiary/aromatic N) is 1. The summed E-state index contributed by atoms with van der Waals surface area (Å²) in [5.41, 5.74) is 1.99. The molecule has 0 radical (unpaired) electrons. The zero-order valence-corrected chi connectivity index (χ0v) is 18.3. The van der Waals surface area contributed by atoms with E-state index in [1.54, 1.807) is 11.8 Å². The highest BCUT2D eigenvalue weighted by Crippen LogP contribution is 2.17. The molecule has 2 aromatic carbocycles. The zero-order valence-electron chi connectivity index (χ0n) is 16.7. The minimum Gasteiger partial charge on any atom is -0.484 e. The van der Waals surface area contributed by atoms with Crippen LogP contribution in [-0.4, -0.2) is 35.4 Å². The van der Waals surface area contributed by atoms with Crippen molar-refractivity contribution in [3.8, 4) is 5.75 Å². The minimum atomic E-state index is -0.616. The summed E-state index contributed by atoms with van der Waals surface area (Å²) in [5.74, 6) is 0.205. The van der Waals surface area contributed by atoms with E-state index in [0.29, 0.717) is 12.3 Å². The molecule has 0 unspecified atom stereocenters. The number of benzene rings is 2. The molecule has 0 fully saturated rings. The Morgan fingerprint density at radius 2 is 1.82 bits per heavy atom. The first kappa shape index (κ1) is 22.0. The van der Waals surface area contributed by atoms with E-state index in [1.165, 1.54) is 0 Å². The quantitative estimate of drug-likeness (QED) is 0.664. The predicted molar refractivity (Wildman–Crippen MR) is 114 cm³/mol. The Kier molecular flexibility index (Phi) is 8.05. The number of rotatable bonds is 8. The lowest BCUT2D eigenvalue weighted by Crippen LogP contribution is -2.50. The second kappa shape index (κ2) is 10.3. The number of hydrogen-bond acceptors (Lipinski definition) is 3. The average Bonchev–Trinajstić information content (AvgIpc) is 2.63. The first-order valence-corrected chi connectivity index (χ1v) is 10.1. The maximum atomic E-state index is 12.9. The maximum absolute atomic E-state index is 12.9. The molecule has 1 N–H and O–H groups in total. The molecule has 0 aliphatic rings. The van der Waals surface area contributed by atoms with Crippen LogP contribution in [-0.2, 0) is 16.1 Å². The topological polar surface area (TPSA) is 58.6 Å². The van der Waals surface area contributed by atoms with E-state index in [9.17, 15) is 9.59 Å². The van der Waals surface area contributed by atoms with Crippen LogP contribution in [0.1, 0.15) is 31.9 Å². The molecule has 0 aromatic heterocycles. The van der Waals surface area contributed by atoms with Crippen molar-refractivity contribution < 1.29 is 14.3 Å². The zero-order chi connectivity index (χ0) is 20.7. The lowest BCUT2D eigenvalue weighted by Gasteiger charge is -2.29. The summed E-state index contributed by atoms with van der Waals surface area (Å²) < 4.78 is 6.59. The van der Waals surface area contributed by atoms with E-state index < -0.39 is 6.04 Å². The molecule has 0 aliphatic carbocycles. The van der Waals surface area contributed by atoms with Crippen molar-refractivity contribution in [1.82, 2.24) is 10.2 Å². The van der Waals surface area contributed by atoms with Gasteiger partial charge < -0.3 is 15.0 Å². The van der Waals surface area contributed by atoms with Crippen molar-refractivity contribution in [2.75, 3.05) is 6.61 Å². The summed E-state index contributed by atoms with van der Waals surface area (Å²) in [7, 11) is 0. The molecule has 2 amide bonds. The van der Waals surface area contributed by atoms with Gasteiger partial charge in [-0.2, -0.15) is 0 Å². The van der Waals surface area contributed by atoms with Gasteiger partial charge in [0.2, 0.25) is 5.91 Å². The minimum absolute atomic E-state index is 0.00122. The molecule has 28 heavy (non-hydrogen) atoms. The van der Waals surface area contributed by atoms with Gasteiger partial charge in [0.1, 0.15) is 11.8 Å². The molecule has 0 aliphatic heterocycles. The lowest BCUT2D eigenvalue weighted by molar-refractivity contribution is -0.142. The summed E-state index contributed by atoms with van der Waals surface area (Å²) in [4.78, 5) is 27.0. The van der Waals surface area contributed by atoms with Gasteiger partial charge in [0.05, 0.1) is 0 Å². The molecule has 0 saturated carbocycles. The van der Waals surface area contributed by atoms with Crippen molar-refractivity contribution in [1.29, 1.82) is 0 Å². The highest BCUT2D eigenvalue weighted by atomic mass is 79.9. The first-order valence-electron chi connectivity index (χ1n) is 9.30. The van der Waals surface area contributed by atoms with Gasteiger partial charge in [0, 0.05) is 17.1 Å². The molecule has 0 bridgehead atoms. The summed E-state index contributed by atoms with van der Waals surface area (Å²) >= 11 is 3.45. The van der Waals surface area contributed by atoms with E-state index >= 15 is 0 Å². The Labute approximate surface area is 175 Å². The molecule has 1 atom stereocenters. The van der Waals surface area contributed by atoms with E-state index in [0.717, 1.165) is 15.6 Å². The third kappa shape index (κ3) is 6.68. The van der Waals surface area contributed by atoms with Crippen LogP contribution in [0.2, 0.25) is 0 Å². The third-order valence-electron chi connectivity index (χ3n) is 4.19. The van der Waals surface area contributed by atoms with E-state index in [4.69, 9.17) is 4.74 Å². The van der Waals surface area contributed by atoms with Crippen LogP contribution in [0.3, 0.4) is 0 Å². The predicted octanol–water partition coefficient (Wildman–Crippen LogP) is 4.08. The monoisotopic (exact) mass is 446 g/mol. The number of nitrogens with one attached hydrogen (secondary N) is 1. The molecule has 6 heteroatoms. The SMILES string of the molecule is Cc1cccc(OCC(=O)N(Cc2cccc(Br)c2)[C@@H](C)C(=O)NC(C)C)c1. The number of amides is 2. The Morgan fingerprint density at radius 1 is 1.11 bits per heavy atom. The number of carbonyl (C=O) groups is 2. The number of carbonyl (C=O) groups excluding carboxylic acids is 2. The highest BCUT2D eigenvalue weighted by molar-refractivity contribution is 9.10. The summed E-state index contributed by atoms with van der Waals surface area (Å²) in [6.07, 6.45) is 0. The number of aryl methyl sites for hydroxylation is 1. The standard InChI is InChI=1S/C22H27BrN2O3/c1-15(2)24-22(27)17(4)25(13-18-8-6-9-19(23)12-18)21(26)14-28-20-10-5-7-16(3)11-20/h5-12,15,17H,13-14H2,1-4H3,(H,24,27)/t17-/m0/s1. The number of ether oxygens (including phenoxy) is 1. The molecule has 5 nitrogen and oxygen atoms in total. The molecule has 150 valence electrons. The second-order valence-corrected chi connectivity index (χ2v) is 8.01. The van der Waals surface area contributed by atoms with Crippen molar-refractivity contribution in [2.24, 2.45) is 0 Å². The molecule has 0 heterocycles. The van der Waals surface area contributed by atoms with Gasteiger partial charge in [0.25, 0.3) is 5.91 Å². The highest BCUT2D eigenvalue weighted by Gasteiger charge is 2.26. The van der Waals surface area contributed by atoms with Crippen molar-refractivity contribution in [2.45, 2.75) is 46.3 Å². The fraction of sp³-hybridized carbons (Fsp3) is 0.364. The lowest BCUT2D eigenvalue weighted by atomic mass is 10.1. The van der Waals surface area contributed by atoms with E-state index in [1.807, 2.05) is 69.3 Å². The van der Waals surface area contributed by atoms with Crippen LogP contribution < -0.4 is 10.1 Å². The Hall–Kier alpha value is -2.34. The molecule has 2 aromatic rings. The first-order chi connectivity index (χ1) is 13.3. The average molecular weight is 447 g/mol. The van der Waals surface area contributed by atoms with E-state index in [-0.39, 0.29) is 24.5 Å². The molecule has 0 saturated heterocycles. The van der Waals surface area contributed by atoms with Gasteiger partial charge in [-0.05, 0) is 63.1 Å². The Morgan fingerprint density at radius 3 is 2.46 bits per heavy atom. The van der Waals surface area contributed by atoms with Crippen LogP contribution in [0.25, 0.3) is 0 Å². The summed E-state index contributed by atoms with van der Waals surface area (Å²) in [6.45, 7) is 7.68. The largest absolute Gasteiger partial charge is 0.484 e.